The zero-order chi connectivity index (χ0) is 26.6. The molecule has 1 heterocycles. The molecule has 0 spiro atoms. The van der Waals surface area contributed by atoms with Crippen LogP contribution in [-0.2, 0) is 15.0 Å². The van der Waals surface area contributed by atoms with Crippen molar-refractivity contribution in [3.8, 4) is 5.75 Å². The number of carbonyl (C=O) groups excluding carboxylic acids is 3. The van der Waals surface area contributed by atoms with Gasteiger partial charge in [-0.15, -0.1) is 0 Å². The maximum Gasteiger partial charge on any atom is 0.294 e. The molecular formula is C31H34N2O4S. The summed E-state index contributed by atoms with van der Waals surface area (Å²) in [4.78, 5) is 40.1. The van der Waals surface area contributed by atoms with Crippen molar-refractivity contribution < 1.29 is 19.1 Å². The second-order valence-electron chi connectivity index (χ2n) is 11.7. The van der Waals surface area contributed by atoms with Crippen LogP contribution in [0, 0.1) is 31.6 Å². The van der Waals surface area contributed by atoms with Crippen LogP contribution in [0.4, 0.5) is 10.5 Å². The Morgan fingerprint density at radius 1 is 1.08 bits per heavy atom. The second kappa shape index (κ2) is 9.60. The maximum absolute atomic E-state index is 13.2. The number of ether oxygens (including phenoxy) is 1. The van der Waals surface area contributed by atoms with Crippen LogP contribution in [0.5, 0.6) is 5.75 Å². The summed E-state index contributed by atoms with van der Waals surface area (Å²) in [7, 11) is 1.63. The predicted octanol–water partition coefficient (Wildman–Crippen LogP) is 6.45. The van der Waals surface area contributed by atoms with Gasteiger partial charge >= 0.3 is 0 Å². The van der Waals surface area contributed by atoms with Gasteiger partial charge in [-0.25, -0.2) is 0 Å². The molecule has 1 N–H and O–H groups in total. The fraction of sp³-hybridized carbons (Fsp3) is 0.452. The summed E-state index contributed by atoms with van der Waals surface area (Å²) < 4.78 is 5.64. The lowest BCUT2D eigenvalue weighted by Crippen LogP contribution is -2.48. The molecule has 0 unspecified atom stereocenters. The first-order valence-corrected chi connectivity index (χ1v) is 14.4. The molecule has 0 aromatic heterocycles. The van der Waals surface area contributed by atoms with Gasteiger partial charge in [0, 0.05) is 11.3 Å². The van der Waals surface area contributed by atoms with Crippen molar-refractivity contribution in [3.05, 3.63) is 63.6 Å². The van der Waals surface area contributed by atoms with E-state index in [1.165, 1.54) is 44.1 Å². The predicted molar refractivity (Wildman–Crippen MR) is 150 cm³/mol. The third kappa shape index (κ3) is 4.45. The van der Waals surface area contributed by atoms with E-state index < -0.39 is 17.1 Å². The van der Waals surface area contributed by atoms with Crippen molar-refractivity contribution in [1.29, 1.82) is 0 Å². The third-order valence-electron chi connectivity index (χ3n) is 9.22. The minimum atomic E-state index is -0.446. The van der Waals surface area contributed by atoms with Crippen molar-refractivity contribution >= 4 is 40.6 Å². The minimum Gasteiger partial charge on any atom is -0.496 e. The van der Waals surface area contributed by atoms with Crippen molar-refractivity contribution in [2.75, 3.05) is 19.0 Å². The molecule has 38 heavy (non-hydrogen) atoms. The van der Waals surface area contributed by atoms with Crippen molar-refractivity contribution in [2.45, 2.75) is 57.8 Å². The number of anilines is 1. The fourth-order valence-electron chi connectivity index (χ4n) is 7.64. The lowest BCUT2D eigenvalue weighted by atomic mass is 9.48. The summed E-state index contributed by atoms with van der Waals surface area (Å²) in [6.07, 6.45) is 9.64. The van der Waals surface area contributed by atoms with E-state index in [9.17, 15) is 14.4 Å². The number of rotatable bonds is 6. The average molecular weight is 531 g/mol. The Hall–Kier alpha value is -3.06. The lowest BCUT2D eigenvalue weighted by Gasteiger charge is -2.57. The highest BCUT2D eigenvalue weighted by Gasteiger charge is 2.51. The van der Waals surface area contributed by atoms with Gasteiger partial charge in [-0.3, -0.25) is 19.3 Å². The Bertz CT molecular complexity index is 1330. The van der Waals surface area contributed by atoms with Gasteiger partial charge < -0.3 is 10.1 Å². The van der Waals surface area contributed by atoms with Gasteiger partial charge in [-0.05, 0) is 128 Å². The highest BCUT2D eigenvalue weighted by Crippen LogP contribution is 2.61. The normalized spacial score (nSPS) is 28.9. The number of imide groups is 1. The summed E-state index contributed by atoms with van der Waals surface area (Å²) in [6, 6.07) is 12.0. The van der Waals surface area contributed by atoms with Crippen LogP contribution in [-0.4, -0.2) is 35.6 Å². The molecule has 5 fully saturated rings. The molecule has 6 nitrogen and oxygen atoms in total. The van der Waals surface area contributed by atoms with E-state index in [1.807, 2.05) is 38.1 Å². The molecule has 198 valence electrons. The molecule has 7 rings (SSSR count). The average Bonchev–Trinajstić information content (AvgIpc) is 3.13. The summed E-state index contributed by atoms with van der Waals surface area (Å²) in [5.74, 6) is 2.33. The molecule has 7 heteroatoms. The van der Waals surface area contributed by atoms with Gasteiger partial charge in [0.05, 0.1) is 12.0 Å². The first kappa shape index (κ1) is 25.2. The van der Waals surface area contributed by atoms with Crippen molar-refractivity contribution in [3.63, 3.8) is 0 Å². The molecule has 5 aliphatic rings. The van der Waals surface area contributed by atoms with E-state index in [0.29, 0.717) is 16.3 Å². The largest absolute Gasteiger partial charge is 0.496 e. The van der Waals surface area contributed by atoms with E-state index in [4.69, 9.17) is 4.74 Å². The molecule has 0 radical (unpaired) electrons. The van der Waals surface area contributed by atoms with Crippen LogP contribution < -0.4 is 10.1 Å². The molecule has 2 aromatic carbocycles. The van der Waals surface area contributed by atoms with Gasteiger partial charge in [-0.1, -0.05) is 18.2 Å². The third-order valence-corrected chi connectivity index (χ3v) is 10.1. The van der Waals surface area contributed by atoms with Crippen LogP contribution in [0.15, 0.2) is 41.3 Å². The smallest absolute Gasteiger partial charge is 0.294 e. The summed E-state index contributed by atoms with van der Waals surface area (Å²) >= 11 is 0.878. The van der Waals surface area contributed by atoms with E-state index in [2.05, 4.69) is 17.4 Å². The molecule has 4 aliphatic carbocycles. The minimum absolute atomic E-state index is 0.217. The number of carbonyl (C=O) groups is 3. The molecule has 2 aromatic rings. The van der Waals surface area contributed by atoms with Gasteiger partial charge in [0.15, 0.2) is 0 Å². The number of hydrogen-bond donors (Lipinski definition) is 1. The zero-order valence-electron chi connectivity index (χ0n) is 22.2. The number of nitrogens with zero attached hydrogens (tertiary/aromatic N) is 1. The van der Waals surface area contributed by atoms with Gasteiger partial charge in [-0.2, -0.15) is 0 Å². The molecule has 4 bridgehead atoms. The molecule has 4 saturated carbocycles. The Labute approximate surface area is 228 Å². The second-order valence-corrected chi connectivity index (χ2v) is 12.7. The molecule has 3 amide bonds. The van der Waals surface area contributed by atoms with Crippen LogP contribution >= 0.6 is 11.8 Å². The Kier molecular flexibility index (Phi) is 6.37. The Morgan fingerprint density at radius 3 is 2.42 bits per heavy atom. The lowest BCUT2D eigenvalue weighted by molar-refractivity contribution is -0.127. The quantitative estimate of drug-likeness (QED) is 0.434. The van der Waals surface area contributed by atoms with Crippen LogP contribution in [0.2, 0.25) is 0 Å². The van der Waals surface area contributed by atoms with E-state index in [-0.39, 0.29) is 12.0 Å². The number of methoxy groups -OCH3 is 1. The maximum atomic E-state index is 13.2. The van der Waals surface area contributed by atoms with Crippen LogP contribution in [0.3, 0.4) is 0 Å². The number of hydrogen-bond acceptors (Lipinski definition) is 5. The van der Waals surface area contributed by atoms with Gasteiger partial charge in [0.2, 0.25) is 5.91 Å². The molecule has 0 atom stereocenters. The number of amides is 3. The SMILES string of the molecule is COc1ccc(C23CC4CC(CC(C4)C2)C3)cc1/C=C1/SC(=O)N(CC(=O)Nc2cccc(C)c2C)C1=O. The van der Waals surface area contributed by atoms with Crippen molar-refractivity contribution in [1.82, 2.24) is 4.90 Å². The Morgan fingerprint density at radius 2 is 1.76 bits per heavy atom. The summed E-state index contributed by atoms with van der Waals surface area (Å²) in [5.41, 5.74) is 5.06. The monoisotopic (exact) mass is 530 g/mol. The number of nitrogens with one attached hydrogen (secondary N) is 1. The summed E-state index contributed by atoms with van der Waals surface area (Å²) in [5, 5.41) is 2.40. The van der Waals surface area contributed by atoms with Gasteiger partial charge in [0.1, 0.15) is 12.3 Å². The molecule has 1 aliphatic heterocycles. The summed E-state index contributed by atoms with van der Waals surface area (Å²) in [6.45, 7) is 3.58. The Balaban J connectivity index is 1.23. The van der Waals surface area contributed by atoms with Crippen LogP contribution in [0.25, 0.3) is 6.08 Å². The van der Waals surface area contributed by atoms with E-state index in [0.717, 1.165) is 51.1 Å². The first-order chi connectivity index (χ1) is 18.2. The first-order valence-electron chi connectivity index (χ1n) is 13.5. The molecular weight excluding hydrogens is 496 g/mol. The van der Waals surface area contributed by atoms with Gasteiger partial charge in [0.25, 0.3) is 11.1 Å². The number of thioether (sulfide) groups is 1. The topological polar surface area (TPSA) is 75.7 Å². The molecule has 1 saturated heterocycles. The zero-order valence-corrected chi connectivity index (χ0v) is 23.0. The standard InChI is InChI=1S/C31H34N2O4S/c1-18-5-4-6-25(19(18)2)32-28(34)17-33-29(35)27(38-30(33)36)13-23-12-24(7-8-26(23)37-3)31-14-20-9-21(15-31)11-22(10-20)16-31/h4-8,12-13,20-22H,9-11,14-17H2,1-3H3,(H,32,34)/b27-13+. The van der Waals surface area contributed by atoms with Crippen LogP contribution in [0.1, 0.15) is 60.8 Å². The van der Waals surface area contributed by atoms with E-state index >= 15 is 0 Å². The number of benzene rings is 2. The highest BCUT2D eigenvalue weighted by atomic mass is 32.2. The fourth-order valence-corrected chi connectivity index (χ4v) is 8.47. The van der Waals surface area contributed by atoms with Crippen molar-refractivity contribution in [2.24, 2.45) is 17.8 Å². The highest BCUT2D eigenvalue weighted by molar-refractivity contribution is 8.18. The number of aryl methyl sites for hydroxylation is 1. The van der Waals surface area contributed by atoms with E-state index in [1.54, 1.807) is 13.2 Å².